The highest BCUT2D eigenvalue weighted by atomic mass is 31.2. The predicted molar refractivity (Wildman–Crippen MR) is 142 cm³/mol. The molecule has 0 amide bonds. The summed E-state index contributed by atoms with van der Waals surface area (Å²) in [5, 5.41) is 10.4. The number of phosphoric acid groups is 1. The van der Waals surface area contributed by atoms with E-state index in [1.807, 2.05) is 0 Å². The lowest BCUT2D eigenvalue weighted by molar-refractivity contribution is 0.275. The van der Waals surface area contributed by atoms with Gasteiger partial charge in [-0.25, -0.2) is 4.57 Å². The average Bonchev–Trinajstić information content (AvgIpc) is 2.08. The molecule has 0 aromatic heterocycles. The van der Waals surface area contributed by atoms with Gasteiger partial charge in [-0.3, -0.25) is 0 Å². The van der Waals surface area contributed by atoms with Gasteiger partial charge in [0.2, 0.25) is 0 Å². The summed E-state index contributed by atoms with van der Waals surface area (Å²) in [6.45, 7) is 39.2. The zero-order chi connectivity index (χ0) is 27.6. The van der Waals surface area contributed by atoms with Gasteiger partial charge in [-0.1, -0.05) is 0 Å². The number of rotatable bonds is 0. The predicted octanol–water partition coefficient (Wildman–Crippen LogP) is 5.59. The molecular formula is C24H60N3O4P. The lowest BCUT2D eigenvalue weighted by Crippen LogP contribution is -2.48. The van der Waals surface area contributed by atoms with Crippen molar-refractivity contribution in [2.45, 2.75) is 158 Å². The van der Waals surface area contributed by atoms with Gasteiger partial charge in [0.25, 0.3) is 0 Å². The molecule has 0 saturated heterocycles. The standard InChI is InChI=1S/3C8H19N.H3O4P/c3*1-7(2,3)9-8(4,5)6;1-5(2,3)4/h3*9H,1-6H3;(H3,1,2,3,4). The molecule has 0 aliphatic heterocycles. The van der Waals surface area contributed by atoms with Gasteiger partial charge in [-0.2, -0.15) is 0 Å². The monoisotopic (exact) mass is 485 g/mol. The summed E-state index contributed by atoms with van der Waals surface area (Å²) >= 11 is 0. The third-order valence-electron chi connectivity index (χ3n) is 2.25. The van der Waals surface area contributed by atoms with E-state index in [0.29, 0.717) is 0 Å². The lowest BCUT2D eigenvalue weighted by Gasteiger charge is -2.31. The molecule has 0 fully saturated rings. The molecule has 0 saturated carbocycles. The van der Waals surface area contributed by atoms with E-state index in [0.717, 1.165) is 0 Å². The minimum absolute atomic E-state index is 0.234. The van der Waals surface area contributed by atoms with Crippen molar-refractivity contribution in [2.24, 2.45) is 0 Å². The summed E-state index contributed by atoms with van der Waals surface area (Å²) in [6.07, 6.45) is 0. The van der Waals surface area contributed by atoms with E-state index in [-0.39, 0.29) is 33.2 Å². The first-order valence-electron chi connectivity index (χ1n) is 11.3. The van der Waals surface area contributed by atoms with Crippen molar-refractivity contribution >= 4 is 7.82 Å². The molecule has 6 N–H and O–H groups in total. The van der Waals surface area contributed by atoms with E-state index >= 15 is 0 Å². The van der Waals surface area contributed by atoms with Gasteiger partial charge in [-0.15, -0.1) is 0 Å². The molecule has 0 aromatic rings. The first kappa shape index (κ1) is 39.2. The molecular weight excluding hydrogens is 425 g/mol. The Balaban J connectivity index is -0.000000167. The number of hydrogen-bond donors (Lipinski definition) is 6. The summed E-state index contributed by atoms with van der Waals surface area (Å²) < 4.78 is 8.88. The fourth-order valence-corrected chi connectivity index (χ4v) is 3.38. The largest absolute Gasteiger partial charge is 0.466 e. The Kier molecular flexibility index (Phi) is 16.9. The Labute approximate surface area is 201 Å². The zero-order valence-corrected chi connectivity index (χ0v) is 25.6. The SMILES string of the molecule is CC(C)(C)NC(C)(C)C.CC(C)(C)NC(C)(C)C.CC(C)(C)NC(C)(C)C.O=P(O)(O)O. The summed E-state index contributed by atoms with van der Waals surface area (Å²) in [7, 11) is -4.64. The Morgan fingerprint density at radius 2 is 0.438 bits per heavy atom. The second-order valence-electron chi connectivity index (χ2n) is 14.4. The highest BCUT2D eigenvalue weighted by Gasteiger charge is 2.19. The molecule has 8 heteroatoms. The highest BCUT2D eigenvalue weighted by Crippen LogP contribution is 2.25. The van der Waals surface area contributed by atoms with Crippen LogP contribution in [0.2, 0.25) is 0 Å². The van der Waals surface area contributed by atoms with E-state index in [9.17, 15) is 0 Å². The molecule has 200 valence electrons. The highest BCUT2D eigenvalue weighted by molar-refractivity contribution is 7.45. The minimum Gasteiger partial charge on any atom is -0.307 e. The summed E-state index contributed by atoms with van der Waals surface area (Å²) in [5.41, 5.74) is 1.41. The summed E-state index contributed by atoms with van der Waals surface area (Å²) in [5.74, 6) is 0. The van der Waals surface area contributed by atoms with Gasteiger partial charge in [0.1, 0.15) is 0 Å². The van der Waals surface area contributed by atoms with Gasteiger partial charge >= 0.3 is 7.82 Å². The van der Waals surface area contributed by atoms with Crippen LogP contribution in [0.3, 0.4) is 0 Å². The Morgan fingerprint density at radius 1 is 0.375 bits per heavy atom. The fraction of sp³-hybridized carbons (Fsp3) is 1.00. The Bertz CT molecular complexity index is 412. The Hall–Kier alpha value is -0.0100. The number of nitrogens with one attached hydrogen (secondary N) is 3. The van der Waals surface area contributed by atoms with Crippen molar-refractivity contribution in [3.05, 3.63) is 0 Å². The maximum absolute atomic E-state index is 8.88. The molecule has 0 radical (unpaired) electrons. The van der Waals surface area contributed by atoms with Crippen LogP contribution in [-0.4, -0.2) is 47.9 Å². The summed E-state index contributed by atoms with van der Waals surface area (Å²) in [4.78, 5) is 21.6. The van der Waals surface area contributed by atoms with E-state index in [2.05, 4.69) is 141 Å². The molecule has 0 spiro atoms. The molecule has 0 atom stereocenters. The topological polar surface area (TPSA) is 114 Å². The average molecular weight is 486 g/mol. The molecule has 0 aromatic carbocycles. The molecule has 0 aliphatic rings. The van der Waals surface area contributed by atoms with Crippen molar-refractivity contribution in [1.29, 1.82) is 0 Å². The van der Waals surface area contributed by atoms with Gasteiger partial charge in [-0.05, 0) is 125 Å². The second-order valence-corrected chi connectivity index (χ2v) is 15.4. The van der Waals surface area contributed by atoms with Crippen LogP contribution in [0.5, 0.6) is 0 Å². The quantitative estimate of drug-likeness (QED) is 0.248. The molecule has 0 heterocycles. The maximum atomic E-state index is 8.88. The number of hydrogen-bond acceptors (Lipinski definition) is 4. The van der Waals surface area contributed by atoms with Crippen LogP contribution in [0.25, 0.3) is 0 Å². The van der Waals surface area contributed by atoms with Crippen molar-refractivity contribution in [1.82, 2.24) is 16.0 Å². The van der Waals surface area contributed by atoms with E-state index in [4.69, 9.17) is 19.2 Å². The van der Waals surface area contributed by atoms with Crippen LogP contribution >= 0.6 is 7.82 Å². The first-order valence-corrected chi connectivity index (χ1v) is 12.8. The zero-order valence-electron chi connectivity index (χ0n) is 24.7. The van der Waals surface area contributed by atoms with Crippen molar-refractivity contribution < 1.29 is 19.2 Å². The van der Waals surface area contributed by atoms with Gasteiger partial charge in [0.05, 0.1) is 0 Å². The second kappa shape index (κ2) is 13.8. The van der Waals surface area contributed by atoms with Crippen LogP contribution in [0.1, 0.15) is 125 Å². The third kappa shape index (κ3) is 77.9. The molecule has 0 unspecified atom stereocenters. The van der Waals surface area contributed by atoms with Crippen LogP contribution in [0.4, 0.5) is 0 Å². The van der Waals surface area contributed by atoms with Crippen LogP contribution < -0.4 is 16.0 Å². The molecule has 0 aliphatic carbocycles. The van der Waals surface area contributed by atoms with E-state index < -0.39 is 7.82 Å². The van der Waals surface area contributed by atoms with E-state index in [1.54, 1.807) is 0 Å². The normalized spacial score (nSPS) is 13.7. The Morgan fingerprint density at radius 3 is 0.438 bits per heavy atom. The molecule has 7 nitrogen and oxygen atoms in total. The first-order chi connectivity index (χ1) is 13.1. The van der Waals surface area contributed by atoms with Gasteiger partial charge in [0, 0.05) is 33.2 Å². The van der Waals surface area contributed by atoms with Gasteiger partial charge < -0.3 is 30.6 Å². The van der Waals surface area contributed by atoms with Crippen LogP contribution in [0, 0.1) is 0 Å². The van der Waals surface area contributed by atoms with Crippen molar-refractivity contribution in [3.8, 4) is 0 Å². The van der Waals surface area contributed by atoms with Gasteiger partial charge in [0.15, 0.2) is 0 Å². The van der Waals surface area contributed by atoms with Crippen molar-refractivity contribution in [2.75, 3.05) is 0 Å². The van der Waals surface area contributed by atoms with Crippen molar-refractivity contribution in [3.63, 3.8) is 0 Å². The van der Waals surface area contributed by atoms with E-state index in [1.165, 1.54) is 0 Å². The summed E-state index contributed by atoms with van der Waals surface area (Å²) in [6, 6.07) is 0. The molecule has 32 heavy (non-hydrogen) atoms. The lowest BCUT2D eigenvalue weighted by atomic mass is 10.0. The molecule has 0 bridgehead atoms. The maximum Gasteiger partial charge on any atom is 0.466 e. The van der Waals surface area contributed by atoms with Crippen LogP contribution in [-0.2, 0) is 4.57 Å². The fourth-order valence-electron chi connectivity index (χ4n) is 3.38. The third-order valence-corrected chi connectivity index (χ3v) is 2.25. The molecule has 0 rings (SSSR count). The smallest absolute Gasteiger partial charge is 0.307 e. The minimum atomic E-state index is -4.64. The van der Waals surface area contributed by atoms with Crippen LogP contribution in [0.15, 0.2) is 0 Å².